The summed E-state index contributed by atoms with van der Waals surface area (Å²) in [7, 11) is 0. The minimum Gasteiger partial charge on any atom is -0.481 e. The maximum absolute atomic E-state index is 10.7. The maximum Gasteiger partial charge on any atom is 0.309 e. The fourth-order valence-electron chi connectivity index (χ4n) is 1.41. The van der Waals surface area contributed by atoms with Gasteiger partial charge in [0.05, 0.1) is 34.0 Å². The minimum atomic E-state index is -0.974. The van der Waals surface area contributed by atoms with E-state index in [0.717, 1.165) is 0 Å². The van der Waals surface area contributed by atoms with Gasteiger partial charge in [0.25, 0.3) is 0 Å². The third-order valence-corrected chi connectivity index (χ3v) is 3.96. The van der Waals surface area contributed by atoms with Crippen LogP contribution in [0, 0.1) is 0 Å². The van der Waals surface area contributed by atoms with E-state index in [-0.39, 0.29) is 11.4 Å². The molecule has 8 heteroatoms. The number of carboxylic acid groups (broad SMARTS) is 1. The van der Waals surface area contributed by atoms with Gasteiger partial charge in [-0.05, 0) is 28.1 Å². The Morgan fingerprint density at radius 3 is 2.78 bits per heavy atom. The number of aliphatic carboxylic acids is 1. The van der Waals surface area contributed by atoms with Gasteiger partial charge in [-0.25, -0.2) is 4.68 Å². The molecular weight excluding hydrogens is 345 g/mol. The van der Waals surface area contributed by atoms with Crippen molar-refractivity contribution in [3.8, 4) is 5.69 Å². The van der Waals surface area contributed by atoms with Crippen LogP contribution in [0.4, 0.5) is 0 Å². The summed E-state index contributed by atoms with van der Waals surface area (Å²) >= 11 is 15.3. The summed E-state index contributed by atoms with van der Waals surface area (Å²) in [5.41, 5.74) is 0.904. The van der Waals surface area contributed by atoms with Crippen molar-refractivity contribution in [3.63, 3.8) is 0 Å². The van der Waals surface area contributed by atoms with E-state index in [4.69, 9.17) is 28.3 Å². The fourth-order valence-corrected chi connectivity index (χ4v) is 2.26. The van der Waals surface area contributed by atoms with Crippen LogP contribution in [0.2, 0.25) is 10.0 Å². The zero-order valence-electron chi connectivity index (χ0n) is 8.77. The summed E-state index contributed by atoms with van der Waals surface area (Å²) in [5.74, 6) is -0.974. The summed E-state index contributed by atoms with van der Waals surface area (Å²) in [6.07, 6.45) is 1.18. The van der Waals surface area contributed by atoms with Gasteiger partial charge in [-0.15, -0.1) is 5.10 Å². The van der Waals surface area contributed by atoms with Crippen molar-refractivity contribution < 1.29 is 9.90 Å². The number of benzene rings is 1. The quantitative estimate of drug-likeness (QED) is 0.864. The van der Waals surface area contributed by atoms with Crippen molar-refractivity contribution in [3.05, 3.63) is 38.5 Å². The monoisotopic (exact) mass is 349 g/mol. The summed E-state index contributed by atoms with van der Waals surface area (Å²) < 4.78 is 2.01. The first-order valence-corrected chi connectivity index (χ1v) is 6.31. The second-order valence-electron chi connectivity index (χ2n) is 3.40. The lowest BCUT2D eigenvalue weighted by atomic mass is 10.3. The van der Waals surface area contributed by atoms with E-state index in [0.29, 0.717) is 20.9 Å². The van der Waals surface area contributed by atoms with Gasteiger partial charge in [-0.2, -0.15) is 0 Å². The van der Waals surface area contributed by atoms with E-state index >= 15 is 0 Å². The van der Waals surface area contributed by atoms with Crippen LogP contribution in [-0.2, 0) is 11.2 Å². The summed E-state index contributed by atoms with van der Waals surface area (Å²) in [6, 6.07) is 3.38. The molecule has 0 bridgehead atoms. The number of rotatable bonds is 3. The Morgan fingerprint density at radius 2 is 2.11 bits per heavy atom. The number of carboxylic acids is 1. The Labute approximate surface area is 120 Å². The third kappa shape index (κ3) is 2.50. The predicted octanol–water partition coefficient (Wildman–Crippen LogP) is 2.96. The molecule has 0 saturated carbocycles. The molecule has 1 aromatic carbocycles. The molecular formula is C10H6BrCl2N3O2. The Morgan fingerprint density at radius 1 is 1.39 bits per heavy atom. The number of hydrogen-bond acceptors (Lipinski definition) is 3. The summed E-state index contributed by atoms with van der Waals surface area (Å²) in [4.78, 5) is 10.7. The van der Waals surface area contributed by atoms with E-state index in [2.05, 4.69) is 26.2 Å². The van der Waals surface area contributed by atoms with E-state index in [1.54, 1.807) is 12.1 Å². The Kier molecular flexibility index (Phi) is 3.89. The van der Waals surface area contributed by atoms with Crippen molar-refractivity contribution >= 4 is 45.1 Å². The highest BCUT2D eigenvalue weighted by atomic mass is 79.9. The summed E-state index contributed by atoms with van der Waals surface area (Å²) in [5, 5.41) is 16.9. The number of aromatic nitrogens is 3. The molecule has 0 aliphatic heterocycles. The minimum absolute atomic E-state index is 0.197. The molecule has 0 radical (unpaired) electrons. The molecule has 0 unspecified atom stereocenters. The lowest BCUT2D eigenvalue weighted by molar-refractivity contribution is -0.136. The zero-order valence-corrected chi connectivity index (χ0v) is 11.9. The largest absolute Gasteiger partial charge is 0.481 e. The lowest BCUT2D eigenvalue weighted by Crippen LogP contribution is -2.08. The number of carbonyl (C=O) groups is 1. The van der Waals surface area contributed by atoms with Crippen LogP contribution in [0.3, 0.4) is 0 Å². The molecule has 2 rings (SSSR count). The van der Waals surface area contributed by atoms with Crippen LogP contribution in [-0.4, -0.2) is 26.1 Å². The SMILES string of the molecule is O=C(O)Cc1cnnn1-c1ccc(Br)c(Cl)c1Cl. The van der Waals surface area contributed by atoms with Crippen LogP contribution in [0.1, 0.15) is 5.69 Å². The second kappa shape index (κ2) is 5.26. The van der Waals surface area contributed by atoms with Gasteiger partial charge in [-0.3, -0.25) is 4.79 Å². The van der Waals surface area contributed by atoms with Crippen molar-refractivity contribution in [1.82, 2.24) is 15.0 Å². The molecule has 1 heterocycles. The van der Waals surface area contributed by atoms with Gasteiger partial charge >= 0.3 is 5.97 Å². The highest BCUT2D eigenvalue weighted by Gasteiger charge is 2.15. The average Bonchev–Trinajstić information content (AvgIpc) is 2.73. The molecule has 18 heavy (non-hydrogen) atoms. The second-order valence-corrected chi connectivity index (χ2v) is 5.01. The molecule has 0 aliphatic carbocycles. The van der Waals surface area contributed by atoms with E-state index in [1.165, 1.54) is 10.9 Å². The number of halogens is 3. The summed E-state index contributed by atoms with van der Waals surface area (Å²) in [6.45, 7) is 0. The first-order valence-electron chi connectivity index (χ1n) is 4.76. The van der Waals surface area contributed by atoms with E-state index in [1.807, 2.05) is 0 Å². The Bertz CT molecular complexity index is 615. The van der Waals surface area contributed by atoms with Crippen molar-refractivity contribution in [2.24, 2.45) is 0 Å². The molecule has 0 amide bonds. The van der Waals surface area contributed by atoms with Crippen LogP contribution >= 0.6 is 39.1 Å². The van der Waals surface area contributed by atoms with Crippen LogP contribution in [0.15, 0.2) is 22.8 Å². The van der Waals surface area contributed by atoms with Crippen LogP contribution in [0.5, 0.6) is 0 Å². The van der Waals surface area contributed by atoms with Crippen LogP contribution in [0.25, 0.3) is 5.69 Å². The molecule has 1 N–H and O–H groups in total. The fraction of sp³-hybridized carbons (Fsp3) is 0.100. The zero-order chi connectivity index (χ0) is 13.3. The number of nitrogens with zero attached hydrogens (tertiary/aromatic N) is 3. The maximum atomic E-state index is 10.7. The molecule has 2 aromatic rings. The van der Waals surface area contributed by atoms with Crippen LogP contribution < -0.4 is 0 Å². The van der Waals surface area contributed by atoms with E-state index < -0.39 is 5.97 Å². The smallest absolute Gasteiger partial charge is 0.309 e. The molecule has 0 saturated heterocycles. The Balaban J connectivity index is 2.53. The topological polar surface area (TPSA) is 68.0 Å². The standard InChI is InChI=1S/C10H6BrCl2N3O2/c11-6-1-2-7(10(13)9(6)12)16-5(3-8(17)18)4-14-15-16/h1-2,4H,3H2,(H,17,18). The highest BCUT2D eigenvalue weighted by Crippen LogP contribution is 2.34. The first kappa shape index (κ1) is 13.3. The third-order valence-electron chi connectivity index (χ3n) is 2.20. The van der Waals surface area contributed by atoms with Gasteiger partial charge in [-0.1, -0.05) is 28.4 Å². The van der Waals surface area contributed by atoms with Crippen molar-refractivity contribution in [1.29, 1.82) is 0 Å². The number of hydrogen-bond donors (Lipinski definition) is 1. The molecule has 0 aliphatic rings. The molecule has 0 atom stereocenters. The van der Waals surface area contributed by atoms with Gasteiger partial charge in [0.2, 0.25) is 0 Å². The normalized spacial score (nSPS) is 10.6. The lowest BCUT2D eigenvalue weighted by Gasteiger charge is -2.09. The van der Waals surface area contributed by atoms with Gasteiger partial charge in [0.15, 0.2) is 0 Å². The Hall–Kier alpha value is -1.11. The molecule has 1 aromatic heterocycles. The van der Waals surface area contributed by atoms with Gasteiger partial charge in [0, 0.05) is 4.47 Å². The van der Waals surface area contributed by atoms with Gasteiger partial charge < -0.3 is 5.11 Å². The van der Waals surface area contributed by atoms with Crippen molar-refractivity contribution in [2.75, 3.05) is 0 Å². The van der Waals surface area contributed by atoms with Crippen molar-refractivity contribution in [2.45, 2.75) is 6.42 Å². The van der Waals surface area contributed by atoms with E-state index in [9.17, 15) is 4.79 Å². The first-order chi connectivity index (χ1) is 8.50. The molecule has 0 fully saturated rings. The molecule has 94 valence electrons. The highest BCUT2D eigenvalue weighted by molar-refractivity contribution is 9.10. The molecule has 5 nitrogen and oxygen atoms in total. The van der Waals surface area contributed by atoms with Gasteiger partial charge in [0.1, 0.15) is 0 Å². The average molecular weight is 351 g/mol. The predicted molar refractivity (Wildman–Crippen MR) is 70.4 cm³/mol. The molecule has 0 spiro atoms.